The van der Waals surface area contributed by atoms with E-state index in [-0.39, 0.29) is 37.8 Å². The van der Waals surface area contributed by atoms with E-state index in [1.54, 1.807) is 0 Å². The zero-order valence-electron chi connectivity index (χ0n) is 11.8. The lowest BCUT2D eigenvalue weighted by molar-refractivity contribution is 0.0382. The topological polar surface area (TPSA) is 132 Å². The van der Waals surface area contributed by atoms with E-state index in [4.69, 9.17) is 15.2 Å². The normalized spacial score (nSPS) is 21.6. The molecule has 0 radical (unpaired) electrons. The van der Waals surface area contributed by atoms with Crippen LogP contribution in [0.2, 0.25) is 0 Å². The third-order valence-corrected chi connectivity index (χ3v) is 3.44. The highest BCUT2D eigenvalue weighted by Gasteiger charge is 2.32. The SMILES string of the molecule is COCCn1c(N)c(NCC2(O)CCOC2)c(=O)[nH]c1=O. The number of hydrogen-bond donors (Lipinski definition) is 4. The molecule has 1 saturated heterocycles. The molecule has 1 unspecified atom stereocenters. The zero-order valence-corrected chi connectivity index (χ0v) is 11.8. The Morgan fingerprint density at radius 3 is 2.95 bits per heavy atom. The van der Waals surface area contributed by atoms with E-state index in [0.29, 0.717) is 13.0 Å². The van der Waals surface area contributed by atoms with Gasteiger partial charge in [-0.15, -0.1) is 0 Å². The van der Waals surface area contributed by atoms with Gasteiger partial charge in [-0.2, -0.15) is 0 Å². The first kappa shape index (κ1) is 15.5. The highest BCUT2D eigenvalue weighted by atomic mass is 16.5. The number of aliphatic hydroxyl groups is 1. The van der Waals surface area contributed by atoms with Crippen LogP contribution in [0.3, 0.4) is 0 Å². The van der Waals surface area contributed by atoms with Crippen molar-refractivity contribution >= 4 is 11.5 Å². The molecule has 1 aromatic heterocycles. The number of ether oxygens (including phenoxy) is 2. The van der Waals surface area contributed by atoms with Crippen LogP contribution in [-0.4, -0.2) is 53.7 Å². The van der Waals surface area contributed by atoms with E-state index in [9.17, 15) is 14.7 Å². The molecule has 9 heteroatoms. The summed E-state index contributed by atoms with van der Waals surface area (Å²) in [6.45, 7) is 1.29. The number of nitrogens with one attached hydrogen (secondary N) is 2. The summed E-state index contributed by atoms with van der Waals surface area (Å²) in [4.78, 5) is 25.7. The van der Waals surface area contributed by atoms with Crippen LogP contribution in [0.5, 0.6) is 0 Å². The molecule has 0 spiro atoms. The minimum Gasteiger partial charge on any atom is -0.386 e. The molecule has 1 aliphatic heterocycles. The van der Waals surface area contributed by atoms with Crippen LogP contribution in [0, 0.1) is 0 Å². The molecule has 0 bridgehead atoms. The minimum absolute atomic E-state index is 0.0170. The Labute approximate surface area is 120 Å². The Kier molecular flexibility index (Phi) is 4.66. The van der Waals surface area contributed by atoms with Crippen molar-refractivity contribution in [1.82, 2.24) is 9.55 Å². The highest BCUT2D eigenvalue weighted by molar-refractivity contribution is 5.60. The van der Waals surface area contributed by atoms with E-state index in [1.165, 1.54) is 11.7 Å². The number of aromatic nitrogens is 2. The third-order valence-electron chi connectivity index (χ3n) is 3.44. The second-order valence-corrected chi connectivity index (χ2v) is 5.04. The molecule has 2 heterocycles. The number of nitrogens with zero attached hydrogens (tertiary/aromatic N) is 1. The van der Waals surface area contributed by atoms with Gasteiger partial charge in [-0.25, -0.2) is 4.79 Å². The molecule has 118 valence electrons. The van der Waals surface area contributed by atoms with E-state index in [1.807, 2.05) is 0 Å². The van der Waals surface area contributed by atoms with Gasteiger partial charge in [0.15, 0.2) is 0 Å². The summed E-state index contributed by atoms with van der Waals surface area (Å²) in [5.74, 6) is 0.0170. The van der Waals surface area contributed by atoms with Crippen LogP contribution in [0.4, 0.5) is 11.5 Å². The van der Waals surface area contributed by atoms with Crippen molar-refractivity contribution in [3.05, 3.63) is 20.8 Å². The average molecular weight is 300 g/mol. The molecular weight excluding hydrogens is 280 g/mol. The lowest BCUT2D eigenvalue weighted by Gasteiger charge is -2.22. The maximum absolute atomic E-state index is 11.8. The van der Waals surface area contributed by atoms with Gasteiger partial charge in [0.05, 0.1) is 19.8 Å². The van der Waals surface area contributed by atoms with Gasteiger partial charge >= 0.3 is 5.69 Å². The summed E-state index contributed by atoms with van der Waals surface area (Å²) < 4.78 is 11.2. The summed E-state index contributed by atoms with van der Waals surface area (Å²) in [6, 6.07) is 0. The molecule has 1 aromatic rings. The van der Waals surface area contributed by atoms with E-state index < -0.39 is 16.9 Å². The van der Waals surface area contributed by atoms with Gasteiger partial charge in [-0.3, -0.25) is 14.3 Å². The molecular formula is C12H20N4O5. The molecule has 0 aliphatic carbocycles. The van der Waals surface area contributed by atoms with Crippen molar-refractivity contribution in [2.45, 2.75) is 18.6 Å². The Morgan fingerprint density at radius 2 is 2.33 bits per heavy atom. The predicted molar refractivity (Wildman–Crippen MR) is 76.5 cm³/mol. The quantitative estimate of drug-likeness (QED) is 0.494. The molecule has 1 atom stereocenters. The lowest BCUT2D eigenvalue weighted by atomic mass is 10.0. The monoisotopic (exact) mass is 300 g/mol. The Balaban J connectivity index is 2.22. The number of anilines is 2. The van der Waals surface area contributed by atoms with Crippen LogP contribution in [0.25, 0.3) is 0 Å². The maximum Gasteiger partial charge on any atom is 0.330 e. The molecule has 9 nitrogen and oxygen atoms in total. The number of methoxy groups -OCH3 is 1. The first-order valence-corrected chi connectivity index (χ1v) is 6.62. The van der Waals surface area contributed by atoms with Crippen molar-refractivity contribution in [1.29, 1.82) is 0 Å². The number of nitrogen functional groups attached to an aromatic ring is 1. The van der Waals surface area contributed by atoms with Gasteiger partial charge < -0.3 is 25.6 Å². The highest BCUT2D eigenvalue weighted by Crippen LogP contribution is 2.19. The minimum atomic E-state index is -1.04. The zero-order chi connectivity index (χ0) is 15.5. The fourth-order valence-electron chi connectivity index (χ4n) is 2.15. The van der Waals surface area contributed by atoms with Crippen molar-refractivity contribution in [3.8, 4) is 0 Å². The molecule has 5 N–H and O–H groups in total. The van der Waals surface area contributed by atoms with Gasteiger partial charge in [0.2, 0.25) is 0 Å². The van der Waals surface area contributed by atoms with Gasteiger partial charge in [0.1, 0.15) is 17.1 Å². The second-order valence-electron chi connectivity index (χ2n) is 5.04. The van der Waals surface area contributed by atoms with E-state index in [2.05, 4.69) is 10.3 Å². The summed E-state index contributed by atoms with van der Waals surface area (Å²) in [5, 5.41) is 13.0. The number of aromatic amines is 1. The fraction of sp³-hybridized carbons (Fsp3) is 0.667. The van der Waals surface area contributed by atoms with E-state index in [0.717, 1.165) is 0 Å². The molecule has 1 fully saturated rings. The smallest absolute Gasteiger partial charge is 0.330 e. The maximum atomic E-state index is 11.8. The van der Waals surface area contributed by atoms with Crippen molar-refractivity contribution in [2.24, 2.45) is 0 Å². The summed E-state index contributed by atoms with van der Waals surface area (Å²) in [5.41, 5.74) is 3.68. The summed E-state index contributed by atoms with van der Waals surface area (Å²) in [7, 11) is 1.50. The van der Waals surface area contributed by atoms with Crippen LogP contribution >= 0.6 is 0 Å². The van der Waals surface area contributed by atoms with Crippen LogP contribution in [0.1, 0.15) is 6.42 Å². The summed E-state index contributed by atoms with van der Waals surface area (Å²) >= 11 is 0. The standard InChI is InChI=1S/C12H20N4O5/c1-20-5-3-16-9(13)8(10(17)15-11(16)18)14-6-12(19)2-4-21-7-12/h14,19H,2-7,13H2,1H3,(H,15,17,18). The van der Waals surface area contributed by atoms with Crippen LogP contribution < -0.4 is 22.3 Å². The Hall–Kier alpha value is -1.84. The van der Waals surface area contributed by atoms with Gasteiger partial charge in [-0.05, 0) is 0 Å². The number of rotatable bonds is 6. The van der Waals surface area contributed by atoms with Crippen LogP contribution in [0.15, 0.2) is 9.59 Å². The number of H-pyrrole nitrogens is 1. The molecule has 2 rings (SSSR count). The lowest BCUT2D eigenvalue weighted by Crippen LogP contribution is -2.40. The van der Waals surface area contributed by atoms with Crippen molar-refractivity contribution < 1.29 is 14.6 Å². The predicted octanol–water partition coefficient (Wildman–Crippen LogP) is -1.67. The number of nitrogens with two attached hydrogens (primary N) is 1. The molecule has 21 heavy (non-hydrogen) atoms. The first-order valence-electron chi connectivity index (χ1n) is 6.62. The third kappa shape index (κ3) is 3.43. The second kappa shape index (κ2) is 6.29. The Bertz CT molecular complexity index is 603. The Morgan fingerprint density at radius 1 is 1.57 bits per heavy atom. The van der Waals surface area contributed by atoms with Gasteiger partial charge in [0.25, 0.3) is 5.56 Å². The van der Waals surface area contributed by atoms with Crippen molar-refractivity contribution in [3.63, 3.8) is 0 Å². The average Bonchev–Trinajstić information content (AvgIpc) is 2.85. The first-order chi connectivity index (χ1) is 9.97. The van der Waals surface area contributed by atoms with E-state index >= 15 is 0 Å². The summed E-state index contributed by atoms with van der Waals surface area (Å²) in [6.07, 6.45) is 0.473. The molecule has 1 aliphatic rings. The van der Waals surface area contributed by atoms with Gasteiger partial charge in [-0.1, -0.05) is 0 Å². The molecule has 0 aromatic carbocycles. The van der Waals surface area contributed by atoms with Gasteiger partial charge in [0, 0.05) is 26.7 Å². The molecule has 0 saturated carbocycles. The van der Waals surface area contributed by atoms with Crippen LogP contribution in [-0.2, 0) is 16.0 Å². The molecule has 0 amide bonds. The van der Waals surface area contributed by atoms with Crippen molar-refractivity contribution in [2.75, 3.05) is 44.5 Å². The largest absolute Gasteiger partial charge is 0.386 e. The fourth-order valence-corrected chi connectivity index (χ4v) is 2.15. The number of hydrogen-bond acceptors (Lipinski definition) is 7.